The van der Waals surface area contributed by atoms with Crippen LogP contribution in [-0.2, 0) is 16.0 Å². The summed E-state index contributed by atoms with van der Waals surface area (Å²) in [5.41, 5.74) is 2.59. The number of aryl methyl sites for hydroxylation is 1. The summed E-state index contributed by atoms with van der Waals surface area (Å²) in [4.78, 5) is 42.9. The summed E-state index contributed by atoms with van der Waals surface area (Å²) in [5, 5.41) is 0. The Morgan fingerprint density at radius 1 is 0.935 bits per heavy atom. The Kier molecular flexibility index (Phi) is 6.21. The third-order valence-electron chi connectivity index (χ3n) is 5.89. The lowest BCUT2D eigenvalue weighted by molar-refractivity contribution is -0.132. The van der Waals surface area contributed by atoms with Gasteiger partial charge >= 0.3 is 0 Å². The van der Waals surface area contributed by atoms with Crippen molar-refractivity contribution in [3.05, 3.63) is 59.7 Å². The average Bonchev–Trinajstić information content (AvgIpc) is 2.83. The van der Waals surface area contributed by atoms with E-state index in [9.17, 15) is 14.4 Å². The fourth-order valence-electron chi connectivity index (χ4n) is 3.99. The van der Waals surface area contributed by atoms with Crippen molar-refractivity contribution < 1.29 is 19.1 Å². The van der Waals surface area contributed by atoms with Crippen LogP contribution >= 0.6 is 0 Å². The molecule has 1 fully saturated rings. The van der Waals surface area contributed by atoms with Crippen molar-refractivity contribution in [2.75, 3.05) is 44.2 Å². The van der Waals surface area contributed by atoms with E-state index in [0.29, 0.717) is 49.7 Å². The molecule has 162 valence electrons. The summed E-state index contributed by atoms with van der Waals surface area (Å²) in [5.74, 6) is 0.520. The van der Waals surface area contributed by atoms with E-state index in [1.807, 2.05) is 48.5 Å². The second-order valence-corrected chi connectivity index (χ2v) is 7.78. The first-order valence-electron chi connectivity index (χ1n) is 10.7. The number of carbonyl (C=O) groups is 3. The molecular formula is C24H27N3O4. The third kappa shape index (κ3) is 4.55. The van der Waals surface area contributed by atoms with Crippen LogP contribution < -0.4 is 9.64 Å². The minimum absolute atomic E-state index is 0.00355. The molecule has 0 aromatic heterocycles. The van der Waals surface area contributed by atoms with Gasteiger partial charge in [0.25, 0.3) is 11.8 Å². The van der Waals surface area contributed by atoms with Crippen LogP contribution in [0.1, 0.15) is 29.3 Å². The number of ether oxygens (including phenoxy) is 1. The van der Waals surface area contributed by atoms with Gasteiger partial charge in [0, 0.05) is 44.7 Å². The molecule has 4 rings (SSSR count). The molecule has 2 aromatic carbocycles. The number of amides is 3. The van der Waals surface area contributed by atoms with Crippen molar-refractivity contribution in [2.45, 2.75) is 19.8 Å². The first kappa shape index (κ1) is 20.9. The van der Waals surface area contributed by atoms with Crippen LogP contribution in [0.4, 0.5) is 5.69 Å². The monoisotopic (exact) mass is 421 g/mol. The zero-order valence-electron chi connectivity index (χ0n) is 17.8. The van der Waals surface area contributed by atoms with Gasteiger partial charge in [-0.25, -0.2) is 0 Å². The quantitative estimate of drug-likeness (QED) is 0.743. The fourth-order valence-corrected chi connectivity index (χ4v) is 3.99. The van der Waals surface area contributed by atoms with Crippen LogP contribution in [0.5, 0.6) is 5.75 Å². The Hall–Kier alpha value is -3.35. The molecule has 31 heavy (non-hydrogen) atoms. The number of nitrogens with zero attached hydrogens (tertiary/aromatic N) is 3. The average molecular weight is 421 g/mol. The van der Waals surface area contributed by atoms with Crippen LogP contribution in [0, 0.1) is 0 Å². The number of para-hydroxylation sites is 2. The van der Waals surface area contributed by atoms with E-state index < -0.39 is 0 Å². The van der Waals surface area contributed by atoms with Crippen molar-refractivity contribution in [3.63, 3.8) is 0 Å². The molecule has 1 saturated heterocycles. The van der Waals surface area contributed by atoms with Crippen molar-refractivity contribution in [2.24, 2.45) is 0 Å². The highest BCUT2D eigenvalue weighted by Crippen LogP contribution is 2.31. The van der Waals surface area contributed by atoms with Crippen molar-refractivity contribution >= 4 is 23.4 Å². The van der Waals surface area contributed by atoms with Gasteiger partial charge in [-0.3, -0.25) is 14.4 Å². The van der Waals surface area contributed by atoms with Gasteiger partial charge in [0.2, 0.25) is 5.91 Å². The van der Waals surface area contributed by atoms with E-state index in [2.05, 4.69) is 6.92 Å². The van der Waals surface area contributed by atoms with Crippen molar-refractivity contribution in [1.29, 1.82) is 0 Å². The highest BCUT2D eigenvalue weighted by atomic mass is 16.5. The van der Waals surface area contributed by atoms with Crippen LogP contribution in [-0.4, -0.2) is 66.9 Å². The van der Waals surface area contributed by atoms with E-state index in [4.69, 9.17) is 4.74 Å². The summed E-state index contributed by atoms with van der Waals surface area (Å²) < 4.78 is 5.45. The van der Waals surface area contributed by atoms with Crippen LogP contribution in [0.3, 0.4) is 0 Å². The first-order valence-corrected chi connectivity index (χ1v) is 10.7. The summed E-state index contributed by atoms with van der Waals surface area (Å²) in [6.07, 6.45) is 1.18. The number of fused-ring (bicyclic) bond motifs is 1. The molecule has 0 radical (unpaired) electrons. The number of benzene rings is 2. The standard InChI is InChI=1S/C24H27N3O4/c1-2-18-7-9-19(10-8-18)24(30)26-15-13-25(14-16-26)22(28)11-12-27-20-5-3-4-6-21(20)31-17-23(27)29/h3-10H,2,11-17H2,1H3. The van der Waals surface area contributed by atoms with Gasteiger partial charge in [-0.1, -0.05) is 31.2 Å². The van der Waals surface area contributed by atoms with E-state index in [1.165, 1.54) is 5.56 Å². The molecule has 0 aliphatic carbocycles. The summed E-state index contributed by atoms with van der Waals surface area (Å²) in [6.45, 7) is 4.43. The largest absolute Gasteiger partial charge is 0.482 e. The number of hydrogen-bond donors (Lipinski definition) is 0. The molecule has 7 heteroatoms. The SMILES string of the molecule is CCc1ccc(C(=O)N2CCN(C(=O)CCN3C(=O)COc4ccccc43)CC2)cc1. The van der Waals surface area contributed by atoms with Gasteiger partial charge in [-0.05, 0) is 36.2 Å². The Balaban J connectivity index is 1.29. The number of hydrogen-bond acceptors (Lipinski definition) is 4. The number of rotatable bonds is 5. The van der Waals surface area contributed by atoms with Gasteiger partial charge in [0.15, 0.2) is 6.61 Å². The van der Waals surface area contributed by atoms with Crippen LogP contribution in [0.25, 0.3) is 0 Å². The minimum Gasteiger partial charge on any atom is -0.482 e. The van der Waals surface area contributed by atoms with E-state index in [0.717, 1.165) is 6.42 Å². The van der Waals surface area contributed by atoms with Gasteiger partial charge in [-0.2, -0.15) is 0 Å². The smallest absolute Gasteiger partial charge is 0.265 e. The highest BCUT2D eigenvalue weighted by molar-refractivity contribution is 5.98. The number of piperazine rings is 1. The molecule has 0 unspecified atom stereocenters. The van der Waals surface area contributed by atoms with Crippen molar-refractivity contribution in [3.8, 4) is 5.75 Å². The zero-order chi connectivity index (χ0) is 21.8. The zero-order valence-corrected chi connectivity index (χ0v) is 17.8. The lowest BCUT2D eigenvalue weighted by atomic mass is 10.1. The van der Waals surface area contributed by atoms with E-state index >= 15 is 0 Å². The molecule has 0 atom stereocenters. The maximum atomic E-state index is 12.7. The molecule has 2 aliphatic heterocycles. The van der Waals surface area contributed by atoms with Gasteiger partial charge in [0.1, 0.15) is 5.75 Å². The van der Waals surface area contributed by atoms with Crippen molar-refractivity contribution in [1.82, 2.24) is 9.80 Å². The Morgan fingerprint density at radius 3 is 2.32 bits per heavy atom. The molecule has 0 saturated carbocycles. The maximum absolute atomic E-state index is 12.7. The Labute approximate surface area is 182 Å². The normalized spacial score (nSPS) is 16.0. The molecule has 7 nitrogen and oxygen atoms in total. The van der Waals surface area contributed by atoms with Gasteiger partial charge in [-0.15, -0.1) is 0 Å². The Morgan fingerprint density at radius 2 is 1.61 bits per heavy atom. The molecular weight excluding hydrogens is 394 g/mol. The van der Waals surface area contributed by atoms with Crippen LogP contribution in [0.15, 0.2) is 48.5 Å². The summed E-state index contributed by atoms with van der Waals surface area (Å²) >= 11 is 0. The van der Waals surface area contributed by atoms with Gasteiger partial charge < -0.3 is 19.4 Å². The second kappa shape index (κ2) is 9.20. The van der Waals surface area contributed by atoms with Gasteiger partial charge in [0.05, 0.1) is 5.69 Å². The van der Waals surface area contributed by atoms with E-state index in [-0.39, 0.29) is 30.7 Å². The molecule has 0 spiro atoms. The third-order valence-corrected chi connectivity index (χ3v) is 5.89. The lowest BCUT2D eigenvalue weighted by Crippen LogP contribution is -2.51. The summed E-state index contributed by atoms with van der Waals surface area (Å²) in [6, 6.07) is 15.1. The predicted octanol–water partition coefficient (Wildman–Crippen LogP) is 2.35. The molecule has 0 N–H and O–H groups in total. The molecule has 2 aromatic rings. The lowest BCUT2D eigenvalue weighted by Gasteiger charge is -2.35. The fraction of sp³-hybridized carbons (Fsp3) is 0.375. The topological polar surface area (TPSA) is 70.2 Å². The van der Waals surface area contributed by atoms with Crippen LogP contribution in [0.2, 0.25) is 0 Å². The number of carbonyl (C=O) groups excluding carboxylic acids is 3. The molecule has 2 heterocycles. The second-order valence-electron chi connectivity index (χ2n) is 7.78. The first-order chi connectivity index (χ1) is 15.1. The minimum atomic E-state index is -0.143. The van der Waals surface area contributed by atoms with E-state index in [1.54, 1.807) is 14.7 Å². The number of anilines is 1. The molecule has 0 bridgehead atoms. The summed E-state index contributed by atoms with van der Waals surface area (Å²) in [7, 11) is 0. The molecule has 3 amide bonds. The highest BCUT2D eigenvalue weighted by Gasteiger charge is 2.28. The predicted molar refractivity (Wildman–Crippen MR) is 117 cm³/mol. The molecule has 2 aliphatic rings. The maximum Gasteiger partial charge on any atom is 0.265 e. The Bertz CT molecular complexity index is 965.